The molecule has 0 aliphatic rings. The minimum Gasteiger partial charge on any atom is -1.00 e. The van der Waals surface area contributed by atoms with Gasteiger partial charge in [0.15, 0.2) is 0 Å². The van der Waals surface area contributed by atoms with Gasteiger partial charge in [0.2, 0.25) is 0 Å². The third-order valence-corrected chi connectivity index (χ3v) is 4.90. The number of hydrogen-bond donors (Lipinski definition) is 2. The molecule has 1 rings (SSSR count). The molecule has 0 aromatic heterocycles. The van der Waals surface area contributed by atoms with Gasteiger partial charge in [0, 0.05) is 0 Å². The molecule has 0 spiro atoms. The average Bonchev–Trinajstić information content (AvgIpc) is 2.58. The maximum atomic E-state index is 12.5. The monoisotopic (exact) mass is 426 g/mol. The van der Waals surface area contributed by atoms with Crippen LogP contribution < -0.4 is 51.4 Å². The van der Waals surface area contributed by atoms with Gasteiger partial charge in [0.25, 0.3) is 10.1 Å². The minimum absolute atomic E-state index is 0. The molecule has 2 N–H and O–H groups in total. The molecule has 0 fully saturated rings. The van der Waals surface area contributed by atoms with Gasteiger partial charge >= 0.3 is 63.3 Å². The van der Waals surface area contributed by atoms with Crippen molar-refractivity contribution >= 4 is 22.1 Å². The van der Waals surface area contributed by atoms with E-state index in [-0.39, 0.29) is 70.0 Å². The number of hydrogen-bond acceptors (Lipinski definition) is 5. The molecule has 27 heavy (non-hydrogen) atoms. The number of unbranched alkanes of at least 4 members (excludes halogenated alkanes) is 3. The molecule has 0 aliphatic heterocycles. The molecule has 0 radical (unpaired) electrons. The van der Waals surface area contributed by atoms with Crippen LogP contribution in [0.1, 0.15) is 80.9 Å². The molecule has 9 heteroatoms. The van der Waals surface area contributed by atoms with Gasteiger partial charge in [-0.05, 0) is 37.5 Å². The first-order valence-electron chi connectivity index (χ1n) is 8.76. The summed E-state index contributed by atoms with van der Waals surface area (Å²) in [5.41, 5.74) is -0.714. The van der Waals surface area contributed by atoms with Gasteiger partial charge in [-0.15, -0.1) is 0 Å². The standard InChI is InChI=1S/C18H26O7S.K.H/c1-3-5-7-9-14(8-6-4-2)25-18(21)15-11-10-13(17(19)20)12-16(15)26(22,23)24;;/h10-12,14H,3-9H2,1-2H3,(H,19,20)(H,22,23,24);;/q;+1;-1. The Hall–Kier alpha value is -0.294. The Labute approximate surface area is 204 Å². The van der Waals surface area contributed by atoms with E-state index in [2.05, 4.69) is 6.92 Å². The van der Waals surface area contributed by atoms with E-state index in [9.17, 15) is 22.6 Å². The van der Waals surface area contributed by atoms with Gasteiger partial charge in [-0.1, -0.05) is 39.5 Å². The summed E-state index contributed by atoms with van der Waals surface area (Å²) in [5, 5.41) is 8.97. The van der Waals surface area contributed by atoms with E-state index in [0.717, 1.165) is 50.3 Å². The van der Waals surface area contributed by atoms with Gasteiger partial charge in [-0.2, -0.15) is 8.42 Å². The normalized spacial score (nSPS) is 12.1. The molecule has 0 aliphatic carbocycles. The van der Waals surface area contributed by atoms with Crippen molar-refractivity contribution in [1.29, 1.82) is 0 Å². The summed E-state index contributed by atoms with van der Waals surface area (Å²) < 4.78 is 37.9. The third-order valence-electron chi connectivity index (χ3n) is 4.01. The summed E-state index contributed by atoms with van der Waals surface area (Å²) in [5.74, 6) is -2.25. The van der Waals surface area contributed by atoms with Crippen LogP contribution in [-0.2, 0) is 14.9 Å². The molecule has 0 bridgehead atoms. The van der Waals surface area contributed by atoms with E-state index in [4.69, 9.17) is 9.84 Å². The van der Waals surface area contributed by atoms with Crippen LogP contribution >= 0.6 is 0 Å². The largest absolute Gasteiger partial charge is 1.00 e. The van der Waals surface area contributed by atoms with Crippen LogP contribution in [0.4, 0.5) is 0 Å². The Kier molecular flexibility index (Phi) is 12.9. The predicted octanol–water partition coefficient (Wildman–Crippen LogP) is 1.04. The molecule has 0 amide bonds. The van der Waals surface area contributed by atoms with Gasteiger partial charge in [-0.25, -0.2) is 9.59 Å². The zero-order valence-corrected chi connectivity index (χ0v) is 20.0. The molecule has 1 unspecified atom stereocenters. The van der Waals surface area contributed by atoms with Crippen LogP contribution in [0.15, 0.2) is 23.1 Å². The summed E-state index contributed by atoms with van der Waals surface area (Å²) in [6.45, 7) is 4.08. The number of ether oxygens (including phenoxy) is 1. The summed E-state index contributed by atoms with van der Waals surface area (Å²) in [6, 6.07) is 2.91. The fourth-order valence-corrected chi connectivity index (χ4v) is 3.27. The van der Waals surface area contributed by atoms with Gasteiger partial charge < -0.3 is 11.3 Å². The second-order valence-electron chi connectivity index (χ2n) is 6.16. The average molecular weight is 427 g/mol. The van der Waals surface area contributed by atoms with Crippen molar-refractivity contribution < 1.29 is 85.2 Å². The fourth-order valence-electron chi connectivity index (χ4n) is 2.57. The molecular formula is C18H27KO7S. The molecule has 1 atom stereocenters. The van der Waals surface area contributed by atoms with E-state index >= 15 is 0 Å². The van der Waals surface area contributed by atoms with Crippen LogP contribution in [0.5, 0.6) is 0 Å². The number of carboxylic acid groups (broad SMARTS) is 1. The first-order chi connectivity index (χ1) is 12.2. The van der Waals surface area contributed by atoms with E-state index in [1.165, 1.54) is 0 Å². The SMILES string of the molecule is CCCCCC(CCCC)OC(=O)c1ccc(C(=O)O)cc1S(=O)(=O)O.[H-].[K+]. The predicted molar refractivity (Wildman–Crippen MR) is 97.2 cm³/mol. The summed E-state index contributed by atoms with van der Waals surface area (Å²) in [4.78, 5) is 22.7. The first kappa shape index (κ1) is 26.7. The fraction of sp³-hybridized carbons (Fsp3) is 0.556. The Morgan fingerprint density at radius 1 is 1.11 bits per heavy atom. The third kappa shape index (κ3) is 9.16. The van der Waals surface area contributed by atoms with Crippen molar-refractivity contribution in [3.63, 3.8) is 0 Å². The van der Waals surface area contributed by atoms with Crippen LogP contribution in [0.25, 0.3) is 0 Å². The quantitative estimate of drug-likeness (QED) is 0.235. The van der Waals surface area contributed by atoms with Crippen molar-refractivity contribution in [1.82, 2.24) is 0 Å². The van der Waals surface area contributed by atoms with Crippen molar-refractivity contribution in [3.8, 4) is 0 Å². The Morgan fingerprint density at radius 3 is 2.22 bits per heavy atom. The van der Waals surface area contributed by atoms with Gasteiger partial charge in [0.05, 0.1) is 11.1 Å². The second kappa shape index (κ2) is 13.0. The number of aromatic carboxylic acids is 1. The molecule has 0 heterocycles. The number of rotatable bonds is 11. The molecule has 1 aromatic carbocycles. The summed E-state index contributed by atoms with van der Waals surface area (Å²) in [6.07, 6.45) is 5.72. The van der Waals surface area contributed by atoms with E-state index in [1.54, 1.807) is 0 Å². The maximum Gasteiger partial charge on any atom is 1.00 e. The van der Waals surface area contributed by atoms with Crippen molar-refractivity contribution in [2.24, 2.45) is 0 Å². The second-order valence-corrected chi connectivity index (χ2v) is 7.55. The number of carbonyl (C=O) groups excluding carboxylic acids is 1. The van der Waals surface area contributed by atoms with Gasteiger partial charge in [-0.3, -0.25) is 4.55 Å². The van der Waals surface area contributed by atoms with E-state index < -0.39 is 27.0 Å². The van der Waals surface area contributed by atoms with Crippen LogP contribution in [0.2, 0.25) is 0 Å². The van der Waals surface area contributed by atoms with Crippen molar-refractivity contribution in [2.75, 3.05) is 0 Å². The molecule has 0 saturated carbocycles. The number of benzene rings is 1. The summed E-state index contributed by atoms with van der Waals surface area (Å²) in [7, 11) is -4.77. The molecule has 7 nitrogen and oxygen atoms in total. The minimum atomic E-state index is -4.77. The van der Waals surface area contributed by atoms with Crippen LogP contribution in [0, 0.1) is 0 Å². The van der Waals surface area contributed by atoms with Crippen LogP contribution in [-0.4, -0.2) is 36.1 Å². The molecule has 1 aromatic rings. The van der Waals surface area contributed by atoms with E-state index in [1.807, 2.05) is 6.92 Å². The van der Waals surface area contributed by atoms with Gasteiger partial charge in [0.1, 0.15) is 11.0 Å². The Balaban J connectivity index is 0. The number of carboxylic acids is 1. The number of esters is 1. The molecule has 0 saturated heterocycles. The maximum absolute atomic E-state index is 12.5. The zero-order chi connectivity index (χ0) is 19.7. The van der Waals surface area contributed by atoms with Crippen molar-refractivity contribution in [3.05, 3.63) is 29.3 Å². The zero-order valence-electron chi connectivity index (χ0n) is 17.1. The van der Waals surface area contributed by atoms with Crippen molar-refractivity contribution in [2.45, 2.75) is 69.8 Å². The molecule has 148 valence electrons. The van der Waals surface area contributed by atoms with Crippen LogP contribution in [0.3, 0.4) is 0 Å². The topological polar surface area (TPSA) is 118 Å². The molecular weight excluding hydrogens is 399 g/mol. The van der Waals surface area contributed by atoms with E-state index in [0.29, 0.717) is 12.8 Å². The Bertz CT molecular complexity index is 737. The first-order valence-corrected chi connectivity index (χ1v) is 10.2. The number of carbonyl (C=O) groups is 2. The Morgan fingerprint density at radius 2 is 1.70 bits per heavy atom. The smallest absolute Gasteiger partial charge is 1.00 e. The summed E-state index contributed by atoms with van der Waals surface area (Å²) >= 11 is 0.